The SMILES string of the molecule is CN(C)c1ccc(CN)c2ccccc12. The summed E-state index contributed by atoms with van der Waals surface area (Å²) in [5, 5.41) is 2.52. The summed E-state index contributed by atoms with van der Waals surface area (Å²) in [7, 11) is 4.12. The first kappa shape index (κ1) is 9.99. The highest BCUT2D eigenvalue weighted by molar-refractivity contribution is 5.96. The number of hydrogen-bond acceptors (Lipinski definition) is 2. The Bertz CT molecular complexity index is 475. The molecule has 0 bridgehead atoms. The second-order valence-electron chi connectivity index (χ2n) is 3.89. The molecule has 0 amide bonds. The quantitative estimate of drug-likeness (QED) is 0.806. The summed E-state index contributed by atoms with van der Waals surface area (Å²) in [4.78, 5) is 2.13. The molecule has 0 aromatic heterocycles. The zero-order valence-corrected chi connectivity index (χ0v) is 9.20. The van der Waals surface area contributed by atoms with Gasteiger partial charge in [-0.2, -0.15) is 0 Å². The molecule has 2 N–H and O–H groups in total. The zero-order chi connectivity index (χ0) is 10.8. The number of anilines is 1. The maximum absolute atomic E-state index is 5.73. The molecule has 0 aliphatic rings. The van der Waals surface area contributed by atoms with Crippen LogP contribution in [0.2, 0.25) is 0 Å². The fraction of sp³-hybridized carbons (Fsp3) is 0.231. The predicted octanol–water partition coefficient (Wildman–Crippen LogP) is 2.36. The Morgan fingerprint density at radius 3 is 2.27 bits per heavy atom. The number of nitrogens with zero attached hydrogens (tertiary/aromatic N) is 1. The van der Waals surface area contributed by atoms with Crippen molar-refractivity contribution >= 4 is 16.5 Å². The molecule has 2 aromatic rings. The lowest BCUT2D eigenvalue weighted by atomic mass is 10.0. The van der Waals surface area contributed by atoms with E-state index in [0.717, 1.165) is 0 Å². The van der Waals surface area contributed by atoms with Gasteiger partial charge in [-0.15, -0.1) is 0 Å². The molecular weight excluding hydrogens is 184 g/mol. The van der Waals surface area contributed by atoms with Crippen LogP contribution in [0, 0.1) is 0 Å². The molecule has 0 aliphatic carbocycles. The van der Waals surface area contributed by atoms with Crippen LogP contribution in [-0.4, -0.2) is 14.1 Å². The van der Waals surface area contributed by atoms with E-state index in [0.29, 0.717) is 6.54 Å². The average molecular weight is 200 g/mol. The van der Waals surface area contributed by atoms with E-state index in [1.807, 2.05) is 0 Å². The van der Waals surface area contributed by atoms with Crippen LogP contribution in [0.25, 0.3) is 10.8 Å². The van der Waals surface area contributed by atoms with Crippen LogP contribution in [0.5, 0.6) is 0 Å². The van der Waals surface area contributed by atoms with Crippen molar-refractivity contribution < 1.29 is 0 Å². The van der Waals surface area contributed by atoms with Crippen molar-refractivity contribution in [1.82, 2.24) is 0 Å². The van der Waals surface area contributed by atoms with Gasteiger partial charge in [-0.25, -0.2) is 0 Å². The van der Waals surface area contributed by atoms with Crippen LogP contribution < -0.4 is 10.6 Å². The first-order valence-corrected chi connectivity index (χ1v) is 5.12. The Labute approximate surface area is 90.3 Å². The summed E-state index contributed by atoms with van der Waals surface area (Å²) in [5.41, 5.74) is 8.17. The van der Waals surface area contributed by atoms with Crippen molar-refractivity contribution in [2.45, 2.75) is 6.54 Å². The van der Waals surface area contributed by atoms with E-state index < -0.39 is 0 Å². The first-order valence-electron chi connectivity index (χ1n) is 5.12. The van der Waals surface area contributed by atoms with E-state index in [1.165, 1.54) is 22.0 Å². The maximum atomic E-state index is 5.73. The van der Waals surface area contributed by atoms with Gasteiger partial charge in [-0.1, -0.05) is 30.3 Å². The molecule has 0 aliphatic heterocycles. The molecular formula is C13H16N2. The van der Waals surface area contributed by atoms with Gasteiger partial charge in [-0.3, -0.25) is 0 Å². The highest BCUT2D eigenvalue weighted by Gasteiger charge is 2.05. The van der Waals surface area contributed by atoms with Gasteiger partial charge in [0.15, 0.2) is 0 Å². The number of nitrogens with two attached hydrogens (primary N) is 1. The fourth-order valence-electron chi connectivity index (χ4n) is 1.91. The summed E-state index contributed by atoms with van der Waals surface area (Å²) in [6, 6.07) is 12.6. The minimum Gasteiger partial charge on any atom is -0.377 e. The minimum atomic E-state index is 0.591. The largest absolute Gasteiger partial charge is 0.377 e. The number of fused-ring (bicyclic) bond motifs is 1. The maximum Gasteiger partial charge on any atom is 0.0440 e. The first-order chi connectivity index (χ1) is 7.24. The Morgan fingerprint density at radius 2 is 1.67 bits per heavy atom. The molecule has 0 spiro atoms. The van der Waals surface area contributed by atoms with Gasteiger partial charge in [0, 0.05) is 31.7 Å². The molecule has 0 saturated carbocycles. The predicted molar refractivity (Wildman–Crippen MR) is 66.2 cm³/mol. The van der Waals surface area contributed by atoms with Crippen molar-refractivity contribution in [1.29, 1.82) is 0 Å². The van der Waals surface area contributed by atoms with Crippen molar-refractivity contribution in [3.05, 3.63) is 42.0 Å². The molecule has 0 unspecified atom stereocenters. The van der Waals surface area contributed by atoms with Gasteiger partial charge in [-0.05, 0) is 17.0 Å². The van der Waals surface area contributed by atoms with Crippen molar-refractivity contribution in [2.24, 2.45) is 5.73 Å². The lowest BCUT2D eigenvalue weighted by Crippen LogP contribution is -2.09. The monoisotopic (exact) mass is 200 g/mol. The highest BCUT2D eigenvalue weighted by atomic mass is 15.1. The number of benzene rings is 2. The van der Waals surface area contributed by atoms with Gasteiger partial charge in [0.05, 0.1) is 0 Å². The topological polar surface area (TPSA) is 29.3 Å². The molecule has 2 aromatic carbocycles. The van der Waals surface area contributed by atoms with Crippen LogP contribution in [0.1, 0.15) is 5.56 Å². The van der Waals surface area contributed by atoms with E-state index in [1.54, 1.807) is 0 Å². The lowest BCUT2D eigenvalue weighted by Gasteiger charge is -2.17. The Morgan fingerprint density at radius 1 is 1.00 bits per heavy atom. The van der Waals surface area contributed by atoms with E-state index >= 15 is 0 Å². The van der Waals surface area contributed by atoms with Gasteiger partial charge < -0.3 is 10.6 Å². The van der Waals surface area contributed by atoms with Gasteiger partial charge in [0.1, 0.15) is 0 Å². The summed E-state index contributed by atoms with van der Waals surface area (Å²) in [6.07, 6.45) is 0. The normalized spacial score (nSPS) is 10.6. The molecule has 78 valence electrons. The molecule has 2 rings (SSSR count). The standard InChI is InChI=1S/C13H16N2/c1-15(2)13-8-7-10(9-14)11-5-3-4-6-12(11)13/h3-8H,9,14H2,1-2H3. The Hall–Kier alpha value is -1.54. The second kappa shape index (κ2) is 3.91. The van der Waals surface area contributed by atoms with Gasteiger partial charge >= 0.3 is 0 Å². The summed E-state index contributed by atoms with van der Waals surface area (Å²) >= 11 is 0. The van der Waals surface area contributed by atoms with Crippen LogP contribution in [0.3, 0.4) is 0 Å². The van der Waals surface area contributed by atoms with Crippen LogP contribution in [0.4, 0.5) is 5.69 Å². The summed E-state index contributed by atoms with van der Waals surface area (Å²) in [6.45, 7) is 0.591. The number of hydrogen-bond donors (Lipinski definition) is 1. The molecule has 0 heterocycles. The van der Waals surface area contributed by atoms with Crippen molar-refractivity contribution in [2.75, 3.05) is 19.0 Å². The fourth-order valence-corrected chi connectivity index (χ4v) is 1.91. The molecule has 0 radical (unpaired) electrons. The van der Waals surface area contributed by atoms with E-state index in [2.05, 4.69) is 55.4 Å². The Balaban J connectivity index is 2.77. The third-order valence-corrected chi connectivity index (χ3v) is 2.69. The van der Waals surface area contributed by atoms with Gasteiger partial charge in [0.25, 0.3) is 0 Å². The number of rotatable bonds is 2. The summed E-state index contributed by atoms with van der Waals surface area (Å²) in [5.74, 6) is 0. The molecule has 0 saturated heterocycles. The summed E-state index contributed by atoms with van der Waals surface area (Å²) < 4.78 is 0. The third kappa shape index (κ3) is 1.68. The van der Waals surface area contributed by atoms with Crippen LogP contribution in [0.15, 0.2) is 36.4 Å². The van der Waals surface area contributed by atoms with Crippen molar-refractivity contribution in [3.63, 3.8) is 0 Å². The van der Waals surface area contributed by atoms with Crippen molar-refractivity contribution in [3.8, 4) is 0 Å². The molecule has 0 atom stereocenters. The molecule has 2 heteroatoms. The van der Waals surface area contributed by atoms with E-state index in [9.17, 15) is 0 Å². The molecule has 0 fully saturated rings. The van der Waals surface area contributed by atoms with Crippen LogP contribution >= 0.6 is 0 Å². The van der Waals surface area contributed by atoms with E-state index in [4.69, 9.17) is 5.73 Å². The molecule has 15 heavy (non-hydrogen) atoms. The average Bonchev–Trinajstić information content (AvgIpc) is 2.27. The third-order valence-electron chi connectivity index (χ3n) is 2.69. The van der Waals surface area contributed by atoms with E-state index in [-0.39, 0.29) is 0 Å². The second-order valence-corrected chi connectivity index (χ2v) is 3.89. The van der Waals surface area contributed by atoms with Crippen LogP contribution in [-0.2, 0) is 6.54 Å². The van der Waals surface area contributed by atoms with Gasteiger partial charge in [0.2, 0.25) is 0 Å². The Kier molecular flexibility index (Phi) is 2.60. The molecule has 2 nitrogen and oxygen atoms in total. The zero-order valence-electron chi connectivity index (χ0n) is 9.20. The minimum absolute atomic E-state index is 0.591. The highest BCUT2D eigenvalue weighted by Crippen LogP contribution is 2.27. The smallest absolute Gasteiger partial charge is 0.0440 e. The lowest BCUT2D eigenvalue weighted by molar-refractivity contribution is 1.08.